The summed E-state index contributed by atoms with van der Waals surface area (Å²) in [5.74, 6) is 0. The number of hydrogen-bond donors (Lipinski definition) is 1. The van der Waals surface area contributed by atoms with Gasteiger partial charge in [-0.25, -0.2) is 0 Å². The SMILES string of the molecule is CNC(c1ccccc1C)c1c(C)ccc2ccccc12. The molecule has 0 heterocycles. The number of rotatable bonds is 3. The lowest BCUT2D eigenvalue weighted by Crippen LogP contribution is -2.20. The molecule has 0 amide bonds. The summed E-state index contributed by atoms with van der Waals surface area (Å²) in [5, 5.41) is 6.14. The fraction of sp³-hybridized carbons (Fsp3) is 0.200. The number of hydrogen-bond acceptors (Lipinski definition) is 1. The normalized spacial score (nSPS) is 12.5. The highest BCUT2D eigenvalue weighted by Crippen LogP contribution is 2.32. The molecule has 21 heavy (non-hydrogen) atoms. The van der Waals surface area contributed by atoms with E-state index in [1.807, 2.05) is 7.05 Å². The highest BCUT2D eigenvalue weighted by molar-refractivity contribution is 5.87. The molecule has 0 fully saturated rings. The maximum absolute atomic E-state index is 3.51. The molecule has 106 valence electrons. The van der Waals surface area contributed by atoms with E-state index in [-0.39, 0.29) is 6.04 Å². The van der Waals surface area contributed by atoms with E-state index in [0.29, 0.717) is 0 Å². The first kappa shape index (κ1) is 13.8. The van der Waals surface area contributed by atoms with E-state index in [9.17, 15) is 0 Å². The minimum atomic E-state index is 0.220. The lowest BCUT2D eigenvalue weighted by Gasteiger charge is -2.23. The molecule has 0 bridgehead atoms. The third-order valence-electron chi connectivity index (χ3n) is 4.27. The Morgan fingerprint density at radius 2 is 1.48 bits per heavy atom. The van der Waals surface area contributed by atoms with Crippen molar-refractivity contribution >= 4 is 10.8 Å². The molecule has 0 saturated heterocycles. The second-order valence-corrected chi connectivity index (χ2v) is 5.60. The summed E-state index contributed by atoms with van der Waals surface area (Å²) >= 11 is 0. The smallest absolute Gasteiger partial charge is 0.0585 e. The Morgan fingerprint density at radius 1 is 0.762 bits per heavy atom. The fourth-order valence-corrected chi connectivity index (χ4v) is 3.15. The van der Waals surface area contributed by atoms with E-state index in [0.717, 1.165) is 0 Å². The lowest BCUT2D eigenvalue weighted by atomic mass is 9.88. The molecular weight excluding hydrogens is 254 g/mol. The van der Waals surface area contributed by atoms with Crippen LogP contribution in [-0.4, -0.2) is 7.05 Å². The van der Waals surface area contributed by atoms with Crippen molar-refractivity contribution in [2.45, 2.75) is 19.9 Å². The van der Waals surface area contributed by atoms with Gasteiger partial charge in [-0.1, -0.05) is 60.7 Å². The van der Waals surface area contributed by atoms with Gasteiger partial charge in [0.25, 0.3) is 0 Å². The number of benzene rings is 3. The maximum Gasteiger partial charge on any atom is 0.0585 e. The van der Waals surface area contributed by atoms with Gasteiger partial charge in [-0.15, -0.1) is 0 Å². The van der Waals surface area contributed by atoms with Crippen LogP contribution in [0, 0.1) is 13.8 Å². The van der Waals surface area contributed by atoms with E-state index in [1.54, 1.807) is 0 Å². The first-order valence-electron chi connectivity index (χ1n) is 7.43. The Morgan fingerprint density at radius 3 is 2.24 bits per heavy atom. The van der Waals surface area contributed by atoms with Gasteiger partial charge < -0.3 is 5.32 Å². The standard InChI is InChI=1S/C20H21N/c1-14-8-4-6-10-17(14)20(21-3)19-15(2)12-13-16-9-5-7-11-18(16)19/h4-13,20-21H,1-3H3. The van der Waals surface area contributed by atoms with Gasteiger partial charge in [-0.2, -0.15) is 0 Å². The Hall–Kier alpha value is -2.12. The van der Waals surface area contributed by atoms with Crippen molar-refractivity contribution < 1.29 is 0 Å². The van der Waals surface area contributed by atoms with Crippen LogP contribution < -0.4 is 5.32 Å². The molecule has 1 atom stereocenters. The third-order valence-corrected chi connectivity index (χ3v) is 4.27. The Balaban J connectivity index is 2.27. The van der Waals surface area contributed by atoms with Crippen molar-refractivity contribution in [3.63, 3.8) is 0 Å². The maximum atomic E-state index is 3.51. The largest absolute Gasteiger partial charge is 0.309 e. The minimum Gasteiger partial charge on any atom is -0.309 e. The fourth-order valence-electron chi connectivity index (χ4n) is 3.15. The second kappa shape index (κ2) is 5.71. The van der Waals surface area contributed by atoms with Crippen LogP contribution in [0.5, 0.6) is 0 Å². The van der Waals surface area contributed by atoms with Crippen molar-refractivity contribution in [2.24, 2.45) is 0 Å². The van der Waals surface area contributed by atoms with Crippen LogP contribution in [0.3, 0.4) is 0 Å². The summed E-state index contributed by atoms with van der Waals surface area (Å²) in [6.45, 7) is 4.38. The topological polar surface area (TPSA) is 12.0 Å². The van der Waals surface area contributed by atoms with Crippen LogP contribution in [-0.2, 0) is 0 Å². The molecule has 1 N–H and O–H groups in total. The molecule has 0 spiro atoms. The summed E-state index contributed by atoms with van der Waals surface area (Å²) in [5.41, 5.74) is 5.38. The molecule has 0 aliphatic rings. The highest BCUT2D eigenvalue weighted by Gasteiger charge is 2.18. The summed E-state index contributed by atoms with van der Waals surface area (Å²) < 4.78 is 0. The van der Waals surface area contributed by atoms with Crippen molar-refractivity contribution in [1.29, 1.82) is 0 Å². The summed E-state index contributed by atoms with van der Waals surface area (Å²) in [4.78, 5) is 0. The quantitative estimate of drug-likeness (QED) is 0.726. The van der Waals surface area contributed by atoms with E-state index in [1.165, 1.54) is 33.0 Å². The average Bonchev–Trinajstić information content (AvgIpc) is 2.51. The van der Waals surface area contributed by atoms with Gasteiger partial charge in [0.1, 0.15) is 0 Å². The molecule has 1 nitrogen and oxygen atoms in total. The summed E-state index contributed by atoms with van der Waals surface area (Å²) in [6, 6.07) is 21.9. The van der Waals surface area contributed by atoms with E-state index in [4.69, 9.17) is 0 Å². The van der Waals surface area contributed by atoms with Gasteiger partial charge >= 0.3 is 0 Å². The van der Waals surface area contributed by atoms with Crippen LogP contribution in [0.25, 0.3) is 10.8 Å². The van der Waals surface area contributed by atoms with Gasteiger partial charge in [0.2, 0.25) is 0 Å². The lowest BCUT2D eigenvalue weighted by molar-refractivity contribution is 0.688. The molecule has 3 rings (SSSR count). The zero-order valence-corrected chi connectivity index (χ0v) is 12.9. The number of nitrogens with one attached hydrogen (secondary N) is 1. The predicted octanol–water partition coefficient (Wildman–Crippen LogP) is 4.77. The molecule has 0 aromatic heterocycles. The molecule has 3 aromatic carbocycles. The highest BCUT2D eigenvalue weighted by atomic mass is 14.9. The van der Waals surface area contributed by atoms with Crippen molar-refractivity contribution in [1.82, 2.24) is 5.32 Å². The van der Waals surface area contributed by atoms with Crippen molar-refractivity contribution in [3.05, 3.63) is 82.9 Å². The van der Waals surface area contributed by atoms with E-state index >= 15 is 0 Å². The van der Waals surface area contributed by atoms with Gasteiger partial charge in [0, 0.05) is 0 Å². The number of fused-ring (bicyclic) bond motifs is 1. The first-order chi connectivity index (χ1) is 10.2. The predicted molar refractivity (Wildman–Crippen MR) is 90.8 cm³/mol. The van der Waals surface area contributed by atoms with Crippen LogP contribution in [0.15, 0.2) is 60.7 Å². The van der Waals surface area contributed by atoms with Gasteiger partial charge in [0.15, 0.2) is 0 Å². The first-order valence-corrected chi connectivity index (χ1v) is 7.43. The average molecular weight is 275 g/mol. The summed E-state index contributed by atoms with van der Waals surface area (Å²) in [7, 11) is 2.04. The van der Waals surface area contributed by atoms with Gasteiger partial charge in [-0.3, -0.25) is 0 Å². The Kier molecular flexibility index (Phi) is 3.76. The Bertz CT molecular complexity index is 774. The van der Waals surface area contributed by atoms with E-state index in [2.05, 4.69) is 79.8 Å². The zero-order chi connectivity index (χ0) is 14.8. The number of aryl methyl sites for hydroxylation is 2. The van der Waals surface area contributed by atoms with Gasteiger partial charge in [0.05, 0.1) is 6.04 Å². The van der Waals surface area contributed by atoms with Crippen LogP contribution >= 0.6 is 0 Å². The molecular formula is C20H21N. The van der Waals surface area contributed by atoms with Crippen LogP contribution in [0.4, 0.5) is 0 Å². The Labute approximate surface area is 126 Å². The second-order valence-electron chi connectivity index (χ2n) is 5.60. The molecule has 0 saturated carbocycles. The van der Waals surface area contributed by atoms with Crippen LogP contribution in [0.1, 0.15) is 28.3 Å². The van der Waals surface area contributed by atoms with Crippen LogP contribution in [0.2, 0.25) is 0 Å². The van der Waals surface area contributed by atoms with Gasteiger partial charge in [-0.05, 0) is 53.9 Å². The minimum absolute atomic E-state index is 0.220. The zero-order valence-electron chi connectivity index (χ0n) is 12.9. The molecule has 1 unspecified atom stereocenters. The molecule has 3 aromatic rings. The van der Waals surface area contributed by atoms with Crippen molar-refractivity contribution in [3.8, 4) is 0 Å². The monoisotopic (exact) mass is 275 g/mol. The van der Waals surface area contributed by atoms with E-state index < -0.39 is 0 Å². The molecule has 0 radical (unpaired) electrons. The third kappa shape index (κ3) is 2.45. The molecule has 0 aliphatic carbocycles. The summed E-state index contributed by atoms with van der Waals surface area (Å²) in [6.07, 6.45) is 0. The van der Waals surface area contributed by atoms with Crippen molar-refractivity contribution in [2.75, 3.05) is 7.05 Å². The molecule has 1 heteroatoms. The molecule has 0 aliphatic heterocycles.